The molecule has 0 aliphatic heterocycles. The van der Waals surface area contributed by atoms with E-state index in [9.17, 15) is 9.50 Å². The standard InChI is InChI=1S/C14H12BrClFNO2/c1-20-13-5-8(4-10(15)14(13)19)7-18-9-2-3-11(16)12(17)6-9/h2-6,18-19H,7H2,1H3. The minimum absolute atomic E-state index is 0.0498. The molecule has 0 aliphatic rings. The minimum Gasteiger partial charge on any atom is -0.503 e. The average molecular weight is 361 g/mol. The summed E-state index contributed by atoms with van der Waals surface area (Å²) >= 11 is 8.87. The molecule has 0 saturated heterocycles. The highest BCUT2D eigenvalue weighted by atomic mass is 79.9. The van der Waals surface area contributed by atoms with Gasteiger partial charge >= 0.3 is 0 Å². The van der Waals surface area contributed by atoms with E-state index in [2.05, 4.69) is 21.2 Å². The number of ether oxygens (including phenoxy) is 1. The third kappa shape index (κ3) is 3.35. The molecular weight excluding hydrogens is 349 g/mol. The van der Waals surface area contributed by atoms with Gasteiger partial charge in [0.2, 0.25) is 0 Å². The summed E-state index contributed by atoms with van der Waals surface area (Å²) in [6.07, 6.45) is 0. The van der Waals surface area contributed by atoms with Crippen LogP contribution in [0.25, 0.3) is 0 Å². The highest BCUT2D eigenvalue weighted by Crippen LogP contribution is 2.35. The first kappa shape index (κ1) is 14.9. The molecule has 2 rings (SSSR count). The van der Waals surface area contributed by atoms with E-state index in [0.29, 0.717) is 22.5 Å². The molecule has 0 aromatic heterocycles. The number of benzene rings is 2. The predicted molar refractivity (Wildman–Crippen MR) is 81.1 cm³/mol. The zero-order valence-corrected chi connectivity index (χ0v) is 12.9. The Balaban J connectivity index is 2.14. The van der Waals surface area contributed by atoms with Crippen molar-refractivity contribution < 1.29 is 14.2 Å². The van der Waals surface area contributed by atoms with E-state index < -0.39 is 5.82 Å². The Bertz CT molecular complexity index is 637. The number of rotatable bonds is 4. The van der Waals surface area contributed by atoms with Crippen molar-refractivity contribution in [2.75, 3.05) is 12.4 Å². The van der Waals surface area contributed by atoms with Gasteiger partial charge in [0.25, 0.3) is 0 Å². The maximum Gasteiger partial charge on any atom is 0.172 e. The van der Waals surface area contributed by atoms with Crippen LogP contribution in [-0.4, -0.2) is 12.2 Å². The lowest BCUT2D eigenvalue weighted by Gasteiger charge is -2.11. The highest BCUT2D eigenvalue weighted by molar-refractivity contribution is 9.10. The summed E-state index contributed by atoms with van der Waals surface area (Å²) in [5, 5.41) is 12.9. The topological polar surface area (TPSA) is 41.5 Å². The third-order valence-corrected chi connectivity index (χ3v) is 3.64. The van der Waals surface area contributed by atoms with E-state index in [1.807, 2.05) is 0 Å². The van der Waals surface area contributed by atoms with Gasteiger partial charge in [-0.1, -0.05) is 11.6 Å². The van der Waals surface area contributed by atoms with Crippen LogP contribution in [0.1, 0.15) is 5.56 Å². The minimum atomic E-state index is -0.471. The van der Waals surface area contributed by atoms with Crippen LogP contribution >= 0.6 is 27.5 Å². The smallest absolute Gasteiger partial charge is 0.172 e. The second-order valence-corrected chi connectivity index (χ2v) is 5.37. The van der Waals surface area contributed by atoms with E-state index in [-0.39, 0.29) is 10.8 Å². The van der Waals surface area contributed by atoms with Crippen LogP contribution in [-0.2, 0) is 6.54 Å². The summed E-state index contributed by atoms with van der Waals surface area (Å²) in [7, 11) is 1.48. The largest absolute Gasteiger partial charge is 0.503 e. The molecule has 6 heteroatoms. The average Bonchev–Trinajstić information content (AvgIpc) is 2.43. The first-order valence-electron chi connectivity index (χ1n) is 5.75. The molecule has 0 aliphatic carbocycles. The van der Waals surface area contributed by atoms with Crippen LogP contribution in [0.15, 0.2) is 34.8 Å². The fraction of sp³-hybridized carbons (Fsp3) is 0.143. The zero-order valence-electron chi connectivity index (χ0n) is 10.6. The molecule has 2 aromatic carbocycles. The van der Waals surface area contributed by atoms with E-state index in [4.69, 9.17) is 16.3 Å². The third-order valence-electron chi connectivity index (χ3n) is 2.72. The summed E-state index contributed by atoms with van der Waals surface area (Å²) in [5.74, 6) is -0.0478. The first-order valence-corrected chi connectivity index (χ1v) is 6.92. The SMILES string of the molecule is COc1cc(CNc2ccc(Cl)c(F)c2)cc(Br)c1O. The Kier molecular flexibility index (Phi) is 4.73. The van der Waals surface area contributed by atoms with Gasteiger partial charge < -0.3 is 15.2 Å². The molecule has 0 saturated carbocycles. The molecule has 0 spiro atoms. The number of anilines is 1. The molecule has 20 heavy (non-hydrogen) atoms. The Morgan fingerprint density at radius 3 is 2.75 bits per heavy atom. The summed E-state index contributed by atoms with van der Waals surface area (Å²) in [6, 6.07) is 7.98. The van der Waals surface area contributed by atoms with Gasteiger partial charge in [0.05, 0.1) is 16.6 Å². The maximum atomic E-state index is 13.3. The number of nitrogens with one attached hydrogen (secondary N) is 1. The molecule has 0 radical (unpaired) electrons. The van der Waals surface area contributed by atoms with Crippen LogP contribution in [0.4, 0.5) is 10.1 Å². The summed E-state index contributed by atoms with van der Waals surface area (Å²) in [5.41, 5.74) is 1.50. The van der Waals surface area contributed by atoms with Crippen molar-refractivity contribution in [1.29, 1.82) is 0 Å². The quantitative estimate of drug-likeness (QED) is 0.839. The normalized spacial score (nSPS) is 10.4. The van der Waals surface area contributed by atoms with E-state index in [0.717, 1.165) is 5.56 Å². The predicted octanol–water partition coefficient (Wildman–Crippen LogP) is 4.57. The van der Waals surface area contributed by atoms with Crippen molar-refractivity contribution >= 4 is 33.2 Å². The fourth-order valence-corrected chi connectivity index (χ4v) is 2.30. The van der Waals surface area contributed by atoms with Crippen LogP contribution < -0.4 is 10.1 Å². The van der Waals surface area contributed by atoms with Crippen LogP contribution in [0.2, 0.25) is 5.02 Å². The first-order chi connectivity index (χ1) is 9.51. The van der Waals surface area contributed by atoms with E-state index in [1.54, 1.807) is 18.2 Å². The van der Waals surface area contributed by atoms with Gasteiger partial charge in [-0.05, 0) is 51.8 Å². The Morgan fingerprint density at radius 2 is 2.10 bits per heavy atom. The molecule has 0 bridgehead atoms. The Labute approximate surface area is 129 Å². The van der Waals surface area contributed by atoms with Gasteiger partial charge in [-0.2, -0.15) is 0 Å². The van der Waals surface area contributed by atoms with E-state index in [1.165, 1.54) is 19.2 Å². The molecule has 2 aromatic rings. The van der Waals surface area contributed by atoms with Crippen molar-refractivity contribution in [3.05, 3.63) is 51.2 Å². The second kappa shape index (κ2) is 6.33. The number of hydrogen-bond donors (Lipinski definition) is 2. The Morgan fingerprint density at radius 1 is 1.35 bits per heavy atom. The number of phenols is 1. The fourth-order valence-electron chi connectivity index (χ4n) is 1.70. The number of phenolic OH excluding ortho intramolecular Hbond substituents is 1. The van der Waals surface area contributed by atoms with Gasteiger partial charge in [-0.3, -0.25) is 0 Å². The number of methoxy groups -OCH3 is 1. The van der Waals surface area contributed by atoms with Crippen LogP contribution in [0.5, 0.6) is 11.5 Å². The zero-order chi connectivity index (χ0) is 14.7. The molecule has 0 fully saturated rings. The van der Waals surface area contributed by atoms with Gasteiger partial charge in [0.15, 0.2) is 11.5 Å². The van der Waals surface area contributed by atoms with Gasteiger partial charge in [0.1, 0.15) is 5.82 Å². The molecule has 0 amide bonds. The number of halogens is 3. The lowest BCUT2D eigenvalue weighted by atomic mass is 10.2. The van der Waals surface area contributed by atoms with E-state index >= 15 is 0 Å². The second-order valence-electron chi connectivity index (χ2n) is 4.11. The van der Waals surface area contributed by atoms with Crippen LogP contribution in [0, 0.1) is 5.82 Å². The maximum absolute atomic E-state index is 13.3. The van der Waals surface area contributed by atoms with Crippen molar-refractivity contribution in [3.63, 3.8) is 0 Å². The van der Waals surface area contributed by atoms with Gasteiger partial charge in [-0.25, -0.2) is 4.39 Å². The summed E-state index contributed by atoms with van der Waals surface area (Å²) in [4.78, 5) is 0. The highest BCUT2D eigenvalue weighted by Gasteiger charge is 2.08. The van der Waals surface area contributed by atoms with Crippen molar-refractivity contribution in [1.82, 2.24) is 0 Å². The van der Waals surface area contributed by atoms with Crippen molar-refractivity contribution in [3.8, 4) is 11.5 Å². The lowest BCUT2D eigenvalue weighted by Crippen LogP contribution is -2.00. The van der Waals surface area contributed by atoms with Crippen LogP contribution in [0.3, 0.4) is 0 Å². The molecule has 0 heterocycles. The molecule has 0 unspecified atom stereocenters. The summed E-state index contributed by atoms with van der Waals surface area (Å²) < 4.78 is 18.9. The molecule has 3 nitrogen and oxygen atoms in total. The molecule has 0 atom stereocenters. The summed E-state index contributed by atoms with van der Waals surface area (Å²) in [6.45, 7) is 0.455. The Hall–Kier alpha value is -1.46. The number of aromatic hydroxyl groups is 1. The molecule has 2 N–H and O–H groups in total. The number of hydrogen-bond acceptors (Lipinski definition) is 3. The lowest BCUT2D eigenvalue weighted by molar-refractivity contribution is 0.371. The van der Waals surface area contributed by atoms with Crippen molar-refractivity contribution in [2.45, 2.75) is 6.54 Å². The van der Waals surface area contributed by atoms with Crippen molar-refractivity contribution in [2.24, 2.45) is 0 Å². The monoisotopic (exact) mass is 359 g/mol. The molecule has 106 valence electrons. The molecular formula is C14H12BrClFNO2. The van der Waals surface area contributed by atoms with Gasteiger partial charge in [0, 0.05) is 12.2 Å². The van der Waals surface area contributed by atoms with Gasteiger partial charge in [-0.15, -0.1) is 0 Å².